The maximum Gasteiger partial charge on any atom is 0.195 e. The summed E-state index contributed by atoms with van der Waals surface area (Å²) in [5.74, 6) is -2.35. The van der Waals surface area contributed by atoms with Gasteiger partial charge in [-0.05, 0) is 18.1 Å². The molecule has 6 heteroatoms. The number of hydrogen-bond donors (Lipinski definition) is 3. The van der Waals surface area contributed by atoms with Gasteiger partial charge >= 0.3 is 0 Å². The summed E-state index contributed by atoms with van der Waals surface area (Å²) in [5, 5.41) is 29.5. The summed E-state index contributed by atoms with van der Waals surface area (Å²) in [4.78, 5) is 11.5. The van der Waals surface area contributed by atoms with E-state index >= 15 is 0 Å². The lowest BCUT2D eigenvalue weighted by atomic mass is 9.88. The van der Waals surface area contributed by atoms with Gasteiger partial charge in [0.25, 0.3) is 0 Å². The molecule has 1 rings (SSSR count). The predicted molar refractivity (Wildman–Crippen MR) is 69.5 cm³/mol. The number of aliphatic hydroxyl groups is 3. The van der Waals surface area contributed by atoms with E-state index in [9.17, 15) is 20.1 Å². The minimum Gasteiger partial charge on any atom is -0.388 e. The van der Waals surface area contributed by atoms with Crippen LogP contribution in [0.15, 0.2) is 0 Å². The van der Waals surface area contributed by atoms with Gasteiger partial charge in [0.05, 0.1) is 6.42 Å². The molecular formula is C12H24O5Si. The first-order valence-corrected chi connectivity index (χ1v) is 9.11. The molecule has 3 atom stereocenters. The Balaban J connectivity index is 2.91. The van der Waals surface area contributed by atoms with E-state index in [1.807, 2.05) is 33.9 Å². The molecule has 0 aliphatic heterocycles. The van der Waals surface area contributed by atoms with Crippen LogP contribution in [0.25, 0.3) is 0 Å². The predicted octanol–water partition coefficient (Wildman–Crippen LogP) is 0.781. The van der Waals surface area contributed by atoms with E-state index in [-0.39, 0.29) is 17.9 Å². The molecule has 0 heterocycles. The van der Waals surface area contributed by atoms with Gasteiger partial charge in [-0.15, -0.1) is 0 Å². The molecule has 0 spiro atoms. The summed E-state index contributed by atoms with van der Waals surface area (Å²) in [7, 11) is -2.30. The lowest BCUT2D eigenvalue weighted by molar-refractivity contribution is -0.234. The van der Waals surface area contributed by atoms with Gasteiger partial charge in [-0.3, -0.25) is 4.79 Å². The van der Waals surface area contributed by atoms with Crippen molar-refractivity contribution in [3.8, 4) is 0 Å². The Labute approximate surface area is 109 Å². The molecule has 1 aliphatic carbocycles. The van der Waals surface area contributed by atoms with Crippen molar-refractivity contribution < 1.29 is 24.5 Å². The largest absolute Gasteiger partial charge is 0.388 e. The molecule has 0 aromatic heterocycles. The number of Topliss-reactive ketones (excluding diaryl/α,β-unsaturated/α-hetero) is 1. The Bertz CT molecular complexity index is 336. The topological polar surface area (TPSA) is 87.0 Å². The van der Waals surface area contributed by atoms with Crippen LogP contribution in [-0.4, -0.2) is 47.4 Å². The van der Waals surface area contributed by atoms with Gasteiger partial charge in [0.1, 0.15) is 12.2 Å². The van der Waals surface area contributed by atoms with Crippen molar-refractivity contribution in [2.24, 2.45) is 0 Å². The second kappa shape index (κ2) is 4.68. The van der Waals surface area contributed by atoms with Crippen LogP contribution in [0.3, 0.4) is 0 Å². The van der Waals surface area contributed by atoms with Crippen molar-refractivity contribution in [1.82, 2.24) is 0 Å². The van der Waals surface area contributed by atoms with Crippen LogP contribution in [0.1, 0.15) is 33.6 Å². The number of aliphatic hydroxyl groups excluding tert-OH is 2. The van der Waals surface area contributed by atoms with Crippen molar-refractivity contribution in [2.75, 3.05) is 0 Å². The molecule has 0 aromatic carbocycles. The van der Waals surface area contributed by atoms with E-state index in [0.717, 1.165) is 0 Å². The first kappa shape index (κ1) is 15.8. The zero-order valence-electron chi connectivity index (χ0n) is 11.7. The molecule has 0 radical (unpaired) electrons. The summed E-state index contributed by atoms with van der Waals surface area (Å²) in [6, 6.07) is 0. The maximum atomic E-state index is 11.5. The summed E-state index contributed by atoms with van der Waals surface area (Å²) in [6.07, 6.45) is -2.98. The maximum absolute atomic E-state index is 11.5. The SMILES string of the molecule is CC(C)(C)[Si](C)(C)O[C@]1(O)CC(=O)[C@H](O)C[C@H]1O. The highest BCUT2D eigenvalue weighted by molar-refractivity contribution is 6.74. The van der Waals surface area contributed by atoms with Crippen molar-refractivity contribution in [3.05, 3.63) is 0 Å². The van der Waals surface area contributed by atoms with Crippen LogP contribution in [0.4, 0.5) is 0 Å². The van der Waals surface area contributed by atoms with E-state index < -0.39 is 32.1 Å². The smallest absolute Gasteiger partial charge is 0.195 e. The molecule has 18 heavy (non-hydrogen) atoms. The van der Waals surface area contributed by atoms with Gasteiger partial charge in [-0.25, -0.2) is 0 Å². The van der Waals surface area contributed by atoms with Crippen LogP contribution >= 0.6 is 0 Å². The third-order valence-electron chi connectivity index (χ3n) is 4.00. The first-order valence-electron chi connectivity index (χ1n) is 6.20. The van der Waals surface area contributed by atoms with Crippen LogP contribution in [0, 0.1) is 0 Å². The van der Waals surface area contributed by atoms with E-state index in [1.54, 1.807) is 0 Å². The van der Waals surface area contributed by atoms with Crippen molar-refractivity contribution in [3.63, 3.8) is 0 Å². The van der Waals surface area contributed by atoms with E-state index in [2.05, 4.69) is 0 Å². The first-order chi connectivity index (χ1) is 7.89. The molecule has 106 valence electrons. The molecule has 3 N–H and O–H groups in total. The molecule has 0 aromatic rings. The van der Waals surface area contributed by atoms with Crippen LogP contribution in [-0.2, 0) is 9.22 Å². The molecule has 0 bridgehead atoms. The number of carbonyl (C=O) groups excluding carboxylic acids is 1. The summed E-state index contributed by atoms with van der Waals surface area (Å²) in [5.41, 5.74) is 0. The minimum absolute atomic E-state index is 0.137. The summed E-state index contributed by atoms with van der Waals surface area (Å²) in [6.45, 7) is 9.90. The molecule has 0 unspecified atom stereocenters. The molecule has 1 fully saturated rings. The zero-order valence-corrected chi connectivity index (χ0v) is 12.7. The lowest BCUT2D eigenvalue weighted by Gasteiger charge is -2.46. The molecule has 1 aliphatic rings. The standard InChI is InChI=1S/C12H24O5Si/c1-11(2,3)18(4,5)17-12(16)7-9(14)8(13)6-10(12)15/h8,10,13,15-16H,6-7H2,1-5H3/t8-,10-,12-/m1/s1. The van der Waals surface area contributed by atoms with Gasteiger partial charge in [-0.1, -0.05) is 20.8 Å². The zero-order chi connectivity index (χ0) is 14.4. The fourth-order valence-corrected chi connectivity index (χ4v) is 3.11. The van der Waals surface area contributed by atoms with Crippen LogP contribution in [0.5, 0.6) is 0 Å². The average molecular weight is 276 g/mol. The Kier molecular flexibility index (Phi) is 4.11. The number of rotatable bonds is 2. The number of carbonyl (C=O) groups is 1. The number of hydrogen-bond acceptors (Lipinski definition) is 5. The third-order valence-corrected chi connectivity index (χ3v) is 8.48. The van der Waals surface area contributed by atoms with Gasteiger partial charge < -0.3 is 19.7 Å². The Morgan fingerprint density at radius 2 is 1.83 bits per heavy atom. The summed E-state index contributed by atoms with van der Waals surface area (Å²) < 4.78 is 5.77. The highest BCUT2D eigenvalue weighted by Gasteiger charge is 2.51. The number of ketones is 1. The highest BCUT2D eigenvalue weighted by atomic mass is 28.4. The molecule has 5 nitrogen and oxygen atoms in total. The second-order valence-corrected chi connectivity index (χ2v) is 11.3. The van der Waals surface area contributed by atoms with Gasteiger partial charge in [0.15, 0.2) is 19.9 Å². The molecule has 1 saturated carbocycles. The van der Waals surface area contributed by atoms with Crippen LogP contribution < -0.4 is 0 Å². The van der Waals surface area contributed by atoms with E-state index in [4.69, 9.17) is 4.43 Å². The molecule has 0 saturated heterocycles. The Morgan fingerprint density at radius 3 is 2.28 bits per heavy atom. The fourth-order valence-electron chi connectivity index (χ4n) is 1.71. The van der Waals surface area contributed by atoms with Gasteiger partial charge in [0, 0.05) is 6.42 Å². The third kappa shape index (κ3) is 3.00. The van der Waals surface area contributed by atoms with Gasteiger partial charge in [0.2, 0.25) is 0 Å². The second-order valence-electron chi connectivity index (χ2n) is 6.62. The highest BCUT2D eigenvalue weighted by Crippen LogP contribution is 2.41. The average Bonchev–Trinajstić information content (AvgIpc) is 2.12. The van der Waals surface area contributed by atoms with E-state index in [1.165, 1.54) is 0 Å². The van der Waals surface area contributed by atoms with Crippen molar-refractivity contribution in [1.29, 1.82) is 0 Å². The van der Waals surface area contributed by atoms with E-state index in [0.29, 0.717) is 0 Å². The molecule has 0 amide bonds. The van der Waals surface area contributed by atoms with Crippen LogP contribution in [0.2, 0.25) is 18.1 Å². The minimum atomic E-state index is -2.30. The fraction of sp³-hybridized carbons (Fsp3) is 0.917. The Hall–Kier alpha value is -0.273. The summed E-state index contributed by atoms with van der Waals surface area (Å²) >= 11 is 0. The van der Waals surface area contributed by atoms with Crippen molar-refractivity contribution in [2.45, 2.75) is 69.7 Å². The quantitative estimate of drug-likeness (QED) is 0.512. The normalized spacial score (nSPS) is 34.8. The lowest BCUT2D eigenvalue weighted by Crippen LogP contribution is -2.60. The van der Waals surface area contributed by atoms with Gasteiger partial charge in [-0.2, -0.15) is 0 Å². The molecular weight excluding hydrogens is 252 g/mol. The monoisotopic (exact) mass is 276 g/mol. The Morgan fingerprint density at radius 1 is 1.33 bits per heavy atom. The van der Waals surface area contributed by atoms with Crippen molar-refractivity contribution >= 4 is 14.1 Å².